The van der Waals surface area contributed by atoms with Crippen LogP contribution >= 0.6 is 0 Å². The maximum absolute atomic E-state index is 12.4. The SMILES string of the molecule is CCOC(C(=O)Nc1cc(C)nn1C)c1ccccc1. The number of benzene rings is 1. The van der Waals surface area contributed by atoms with E-state index in [0.717, 1.165) is 11.3 Å². The lowest BCUT2D eigenvalue weighted by Crippen LogP contribution is -2.24. The van der Waals surface area contributed by atoms with Crippen molar-refractivity contribution in [1.29, 1.82) is 0 Å². The number of aromatic nitrogens is 2. The number of nitrogens with zero attached hydrogens (tertiary/aromatic N) is 2. The number of nitrogens with one attached hydrogen (secondary N) is 1. The number of amides is 1. The van der Waals surface area contributed by atoms with Crippen molar-refractivity contribution < 1.29 is 9.53 Å². The highest BCUT2D eigenvalue weighted by Gasteiger charge is 2.21. The summed E-state index contributed by atoms with van der Waals surface area (Å²) in [4.78, 5) is 12.4. The minimum atomic E-state index is -0.614. The molecule has 0 fully saturated rings. The third-order valence-electron chi connectivity index (χ3n) is 2.93. The molecule has 2 aromatic rings. The van der Waals surface area contributed by atoms with Crippen LogP contribution in [0.15, 0.2) is 36.4 Å². The molecule has 0 saturated heterocycles. The van der Waals surface area contributed by atoms with E-state index >= 15 is 0 Å². The first-order chi connectivity index (χ1) is 9.61. The molecule has 1 atom stereocenters. The van der Waals surface area contributed by atoms with Gasteiger partial charge in [-0.1, -0.05) is 30.3 Å². The predicted molar refractivity (Wildman–Crippen MR) is 77.4 cm³/mol. The molecular weight excluding hydrogens is 254 g/mol. The summed E-state index contributed by atoms with van der Waals surface area (Å²) in [6.07, 6.45) is -0.614. The van der Waals surface area contributed by atoms with Crippen molar-refractivity contribution in [2.24, 2.45) is 7.05 Å². The molecule has 0 aliphatic rings. The van der Waals surface area contributed by atoms with E-state index in [-0.39, 0.29) is 5.91 Å². The molecule has 1 amide bonds. The van der Waals surface area contributed by atoms with Gasteiger partial charge in [-0.3, -0.25) is 9.48 Å². The molecule has 0 aliphatic carbocycles. The van der Waals surface area contributed by atoms with Crippen LogP contribution < -0.4 is 5.32 Å². The Balaban J connectivity index is 2.17. The Morgan fingerprint density at radius 1 is 1.40 bits per heavy atom. The molecule has 0 radical (unpaired) electrons. The lowest BCUT2D eigenvalue weighted by Gasteiger charge is -2.17. The summed E-state index contributed by atoms with van der Waals surface area (Å²) < 4.78 is 7.21. The molecule has 0 saturated carbocycles. The molecule has 0 bridgehead atoms. The number of anilines is 1. The van der Waals surface area contributed by atoms with Gasteiger partial charge in [-0.25, -0.2) is 0 Å². The van der Waals surface area contributed by atoms with Gasteiger partial charge in [-0.2, -0.15) is 5.10 Å². The van der Waals surface area contributed by atoms with Crippen LogP contribution in [0.1, 0.15) is 24.3 Å². The van der Waals surface area contributed by atoms with E-state index in [1.165, 1.54) is 0 Å². The lowest BCUT2D eigenvalue weighted by molar-refractivity contribution is -0.127. The zero-order chi connectivity index (χ0) is 14.5. The van der Waals surface area contributed by atoms with Crippen molar-refractivity contribution in [1.82, 2.24) is 9.78 Å². The Bertz CT molecular complexity index is 578. The minimum absolute atomic E-state index is 0.193. The highest BCUT2D eigenvalue weighted by molar-refractivity contribution is 5.94. The van der Waals surface area contributed by atoms with Crippen LogP contribution in [0, 0.1) is 6.92 Å². The van der Waals surface area contributed by atoms with E-state index in [0.29, 0.717) is 12.4 Å². The van der Waals surface area contributed by atoms with E-state index in [9.17, 15) is 4.79 Å². The molecule has 1 aromatic carbocycles. The summed E-state index contributed by atoms with van der Waals surface area (Å²) in [5.41, 5.74) is 1.70. The summed E-state index contributed by atoms with van der Waals surface area (Å²) in [7, 11) is 1.79. The van der Waals surface area contributed by atoms with Crippen molar-refractivity contribution in [3.63, 3.8) is 0 Å². The van der Waals surface area contributed by atoms with E-state index in [2.05, 4.69) is 10.4 Å². The van der Waals surface area contributed by atoms with Crippen LogP contribution in [0.2, 0.25) is 0 Å². The first-order valence-corrected chi connectivity index (χ1v) is 6.60. The Kier molecular flexibility index (Phi) is 4.53. The number of aryl methyl sites for hydroxylation is 2. The van der Waals surface area contributed by atoms with Gasteiger partial charge < -0.3 is 10.1 Å². The number of carbonyl (C=O) groups excluding carboxylic acids is 1. The summed E-state index contributed by atoms with van der Waals surface area (Å²) in [5, 5.41) is 7.05. The number of hydrogen-bond acceptors (Lipinski definition) is 3. The van der Waals surface area contributed by atoms with Crippen LogP contribution in [0.4, 0.5) is 5.82 Å². The Hall–Kier alpha value is -2.14. The average Bonchev–Trinajstić information content (AvgIpc) is 2.75. The molecule has 106 valence electrons. The first kappa shape index (κ1) is 14.3. The van der Waals surface area contributed by atoms with Gasteiger partial charge in [0, 0.05) is 19.7 Å². The largest absolute Gasteiger partial charge is 0.364 e. The third-order valence-corrected chi connectivity index (χ3v) is 2.93. The van der Waals surface area contributed by atoms with E-state index in [1.807, 2.05) is 50.2 Å². The second-order valence-corrected chi connectivity index (χ2v) is 4.53. The molecule has 2 rings (SSSR count). The van der Waals surface area contributed by atoms with Crippen molar-refractivity contribution in [3.8, 4) is 0 Å². The zero-order valence-corrected chi connectivity index (χ0v) is 12.0. The number of carbonyl (C=O) groups is 1. The average molecular weight is 273 g/mol. The van der Waals surface area contributed by atoms with Crippen LogP contribution in [0.5, 0.6) is 0 Å². The summed E-state index contributed by atoms with van der Waals surface area (Å²) >= 11 is 0. The molecule has 1 aromatic heterocycles. The number of hydrogen-bond donors (Lipinski definition) is 1. The minimum Gasteiger partial charge on any atom is -0.364 e. The molecule has 0 spiro atoms. The van der Waals surface area contributed by atoms with Gasteiger partial charge >= 0.3 is 0 Å². The molecule has 1 unspecified atom stereocenters. The molecule has 0 aliphatic heterocycles. The second kappa shape index (κ2) is 6.34. The van der Waals surface area contributed by atoms with Crippen molar-refractivity contribution >= 4 is 11.7 Å². The van der Waals surface area contributed by atoms with Gasteiger partial charge in [0.2, 0.25) is 0 Å². The van der Waals surface area contributed by atoms with Gasteiger partial charge in [0.15, 0.2) is 6.10 Å². The van der Waals surface area contributed by atoms with Crippen molar-refractivity contribution in [2.45, 2.75) is 20.0 Å². The van der Waals surface area contributed by atoms with Crippen LogP contribution in [-0.2, 0) is 16.6 Å². The number of ether oxygens (including phenoxy) is 1. The highest BCUT2D eigenvalue weighted by atomic mass is 16.5. The molecule has 20 heavy (non-hydrogen) atoms. The molecule has 1 heterocycles. The summed E-state index contributed by atoms with van der Waals surface area (Å²) in [6.45, 7) is 4.22. The van der Waals surface area contributed by atoms with Gasteiger partial charge in [0.1, 0.15) is 5.82 Å². The Morgan fingerprint density at radius 2 is 2.10 bits per heavy atom. The second-order valence-electron chi connectivity index (χ2n) is 4.53. The Labute approximate surface area is 118 Å². The molecular formula is C15H19N3O2. The van der Waals surface area contributed by atoms with Crippen LogP contribution in [0.3, 0.4) is 0 Å². The monoisotopic (exact) mass is 273 g/mol. The van der Waals surface area contributed by atoms with Crippen LogP contribution in [-0.4, -0.2) is 22.3 Å². The number of rotatable bonds is 5. The van der Waals surface area contributed by atoms with Gasteiger partial charge in [0.25, 0.3) is 5.91 Å². The van der Waals surface area contributed by atoms with Gasteiger partial charge in [-0.15, -0.1) is 0 Å². The highest BCUT2D eigenvalue weighted by Crippen LogP contribution is 2.20. The fraction of sp³-hybridized carbons (Fsp3) is 0.333. The zero-order valence-electron chi connectivity index (χ0n) is 12.0. The maximum Gasteiger partial charge on any atom is 0.259 e. The lowest BCUT2D eigenvalue weighted by atomic mass is 10.1. The summed E-state index contributed by atoms with van der Waals surface area (Å²) in [6, 6.07) is 11.3. The molecule has 5 heteroatoms. The third kappa shape index (κ3) is 3.24. The van der Waals surface area contributed by atoms with E-state index in [4.69, 9.17) is 4.74 Å². The smallest absolute Gasteiger partial charge is 0.259 e. The maximum atomic E-state index is 12.4. The van der Waals surface area contributed by atoms with Gasteiger partial charge in [-0.05, 0) is 19.4 Å². The van der Waals surface area contributed by atoms with E-state index in [1.54, 1.807) is 11.7 Å². The van der Waals surface area contributed by atoms with Crippen molar-refractivity contribution in [3.05, 3.63) is 47.7 Å². The fourth-order valence-corrected chi connectivity index (χ4v) is 2.04. The van der Waals surface area contributed by atoms with E-state index < -0.39 is 6.10 Å². The first-order valence-electron chi connectivity index (χ1n) is 6.60. The van der Waals surface area contributed by atoms with Gasteiger partial charge in [0.05, 0.1) is 5.69 Å². The normalized spacial score (nSPS) is 12.2. The Morgan fingerprint density at radius 3 is 2.65 bits per heavy atom. The quantitative estimate of drug-likeness (QED) is 0.910. The molecule has 1 N–H and O–H groups in total. The van der Waals surface area contributed by atoms with Crippen LogP contribution in [0.25, 0.3) is 0 Å². The summed E-state index contributed by atoms with van der Waals surface area (Å²) in [5.74, 6) is 0.467. The molecule has 5 nitrogen and oxygen atoms in total. The van der Waals surface area contributed by atoms with Crippen molar-refractivity contribution in [2.75, 3.05) is 11.9 Å². The topological polar surface area (TPSA) is 56.1 Å². The standard InChI is InChI=1S/C15H19N3O2/c1-4-20-14(12-8-6-5-7-9-12)15(19)16-13-10-11(2)17-18(13)3/h5-10,14H,4H2,1-3H3,(H,16,19). The fourth-order valence-electron chi connectivity index (χ4n) is 2.04. The predicted octanol–water partition coefficient (Wildman–Crippen LogP) is 2.44.